The number of hydrogen-bond acceptors (Lipinski definition) is 8. The molecule has 9 nitrogen and oxygen atoms in total. The SMILES string of the molecule is C[SiH]1O[Si](C)(CCCNC(=O)C(F)(OC(F)(F)C(F)(F)C(F)(F)F)C(F)(F)F)CCCCO[Si](C)(CCCC2CC(=O)OC2=O)O1. The van der Waals surface area contributed by atoms with Gasteiger partial charge in [-0.3, -0.25) is 19.1 Å². The monoisotopic (exact) mass is 745 g/mol. The molecule has 0 radical (unpaired) electrons. The normalized spacial score (nSPS) is 28.8. The van der Waals surface area contributed by atoms with Gasteiger partial charge in [0.05, 0.1) is 12.3 Å². The molecule has 2 aliphatic heterocycles. The molecule has 2 rings (SSSR count). The van der Waals surface area contributed by atoms with Crippen LogP contribution in [0, 0.1) is 5.92 Å². The predicted molar refractivity (Wildman–Crippen MR) is 141 cm³/mol. The zero-order chi connectivity index (χ0) is 35.4. The first kappa shape index (κ1) is 40.5. The van der Waals surface area contributed by atoms with Gasteiger partial charge < -0.3 is 22.7 Å². The Bertz CT molecular complexity index is 1100. The zero-order valence-electron chi connectivity index (χ0n) is 24.9. The zero-order valence-corrected chi connectivity index (χ0v) is 28.0. The van der Waals surface area contributed by atoms with E-state index in [0.717, 1.165) is 0 Å². The molecule has 23 heteroatoms. The van der Waals surface area contributed by atoms with Gasteiger partial charge in [0.15, 0.2) is 8.32 Å². The van der Waals surface area contributed by atoms with Gasteiger partial charge in [-0.1, -0.05) is 12.8 Å². The molecule has 0 aromatic heterocycles. The topological polar surface area (TPSA) is 109 Å². The van der Waals surface area contributed by atoms with Crippen molar-refractivity contribution in [1.29, 1.82) is 0 Å². The van der Waals surface area contributed by atoms with Gasteiger partial charge in [-0.05, 0) is 57.0 Å². The highest BCUT2D eigenvalue weighted by Crippen LogP contribution is 2.51. The van der Waals surface area contributed by atoms with Crippen LogP contribution >= 0.6 is 0 Å². The molecular weight excluding hydrogens is 711 g/mol. The average Bonchev–Trinajstić information content (AvgIpc) is 3.20. The summed E-state index contributed by atoms with van der Waals surface area (Å²) in [6.45, 7) is 4.81. The lowest BCUT2D eigenvalue weighted by Crippen LogP contribution is -2.63. The predicted octanol–water partition coefficient (Wildman–Crippen LogP) is 5.74. The molecular formula is C23H34F11NO8Si3. The van der Waals surface area contributed by atoms with Gasteiger partial charge in [-0.25, -0.2) is 0 Å². The number of cyclic esters (lactones) is 2. The number of carbonyl (C=O) groups excluding carboxylic acids is 3. The number of rotatable bonds is 12. The van der Waals surface area contributed by atoms with Crippen LogP contribution in [0.25, 0.3) is 0 Å². The fourth-order valence-electron chi connectivity index (χ4n) is 4.90. The highest BCUT2D eigenvalue weighted by atomic mass is 28.5. The Hall–Kier alpha value is -1.67. The van der Waals surface area contributed by atoms with Crippen LogP contribution in [0.5, 0.6) is 0 Å². The first-order valence-corrected chi connectivity index (χ1v) is 21.5. The minimum absolute atomic E-state index is 0.00644. The third-order valence-electron chi connectivity index (χ3n) is 7.33. The van der Waals surface area contributed by atoms with Crippen molar-refractivity contribution in [1.82, 2.24) is 5.32 Å². The number of amides is 1. The third kappa shape index (κ3) is 10.2. The van der Waals surface area contributed by atoms with E-state index in [1.54, 1.807) is 13.1 Å². The largest absolute Gasteiger partial charge is 0.462 e. The lowest BCUT2D eigenvalue weighted by atomic mass is 10.0. The van der Waals surface area contributed by atoms with Crippen LogP contribution in [0.3, 0.4) is 0 Å². The number of ether oxygens (including phenoxy) is 2. The van der Waals surface area contributed by atoms with Gasteiger partial charge in [0, 0.05) is 13.2 Å². The van der Waals surface area contributed by atoms with Crippen molar-refractivity contribution in [3.8, 4) is 0 Å². The van der Waals surface area contributed by atoms with E-state index in [0.29, 0.717) is 44.4 Å². The van der Waals surface area contributed by atoms with E-state index in [4.69, 9.17) is 12.7 Å². The number of halogens is 11. The molecule has 0 aromatic rings. The molecule has 1 N–H and O–H groups in total. The smallest absolute Gasteiger partial charge is 0.438 e. The van der Waals surface area contributed by atoms with Crippen LogP contribution in [0.1, 0.15) is 38.5 Å². The Kier molecular flexibility index (Phi) is 13.1. The van der Waals surface area contributed by atoms with Crippen LogP contribution in [0.4, 0.5) is 48.3 Å². The third-order valence-corrected chi connectivity index (χ3v) is 19.2. The number of alkyl halides is 11. The molecule has 0 aliphatic carbocycles. The number of esters is 2. The summed E-state index contributed by atoms with van der Waals surface area (Å²) >= 11 is 0. The van der Waals surface area contributed by atoms with Crippen molar-refractivity contribution in [2.45, 2.75) is 107 Å². The van der Waals surface area contributed by atoms with Crippen LogP contribution in [0.2, 0.25) is 37.8 Å². The van der Waals surface area contributed by atoms with Crippen LogP contribution in [-0.4, -0.2) is 87.4 Å². The van der Waals surface area contributed by atoms with E-state index in [9.17, 15) is 62.7 Å². The van der Waals surface area contributed by atoms with Gasteiger partial charge in [0.2, 0.25) is 0 Å². The van der Waals surface area contributed by atoms with Crippen molar-refractivity contribution >= 4 is 44.0 Å². The summed E-state index contributed by atoms with van der Waals surface area (Å²) in [4.78, 5) is 35.0. The molecule has 46 heavy (non-hydrogen) atoms. The summed E-state index contributed by atoms with van der Waals surface area (Å²) in [5.74, 6) is -18.3. The molecule has 2 heterocycles. The molecule has 2 saturated heterocycles. The van der Waals surface area contributed by atoms with Gasteiger partial charge >= 0.3 is 50.7 Å². The Morgan fingerprint density at radius 1 is 0.935 bits per heavy atom. The van der Waals surface area contributed by atoms with Crippen LogP contribution < -0.4 is 5.32 Å². The first-order valence-electron chi connectivity index (χ1n) is 14.1. The lowest BCUT2D eigenvalue weighted by Gasteiger charge is -2.37. The fourth-order valence-corrected chi connectivity index (χ4v) is 17.0. The van der Waals surface area contributed by atoms with Crippen molar-refractivity contribution in [2.75, 3.05) is 13.2 Å². The van der Waals surface area contributed by atoms with Crippen LogP contribution in [0.15, 0.2) is 0 Å². The summed E-state index contributed by atoms with van der Waals surface area (Å²) in [6, 6.07) is 1.09. The van der Waals surface area contributed by atoms with E-state index in [1.807, 2.05) is 6.55 Å². The Balaban J connectivity index is 2.00. The maximum Gasteiger partial charge on any atom is 0.462 e. The number of carbonyl (C=O) groups is 3. The number of hydrogen-bond donors (Lipinski definition) is 1. The lowest BCUT2D eigenvalue weighted by molar-refractivity contribution is -0.472. The summed E-state index contributed by atoms with van der Waals surface area (Å²) in [5, 5.41) is 1.29. The van der Waals surface area contributed by atoms with Gasteiger partial charge in [-0.15, -0.1) is 0 Å². The second-order valence-electron chi connectivity index (χ2n) is 11.4. The van der Waals surface area contributed by atoms with Crippen molar-refractivity contribution in [3.63, 3.8) is 0 Å². The maximum absolute atomic E-state index is 14.5. The fraction of sp³-hybridized carbons (Fsp3) is 0.870. The molecule has 2 aliphatic rings. The number of nitrogens with one attached hydrogen (secondary N) is 1. The molecule has 268 valence electrons. The Morgan fingerprint density at radius 2 is 1.57 bits per heavy atom. The van der Waals surface area contributed by atoms with Crippen molar-refractivity contribution in [2.24, 2.45) is 5.92 Å². The maximum atomic E-state index is 14.5. The van der Waals surface area contributed by atoms with Gasteiger partial charge in [0.25, 0.3) is 15.2 Å². The molecule has 0 aromatic carbocycles. The van der Waals surface area contributed by atoms with E-state index in [1.165, 1.54) is 5.32 Å². The second kappa shape index (κ2) is 14.8. The highest BCUT2D eigenvalue weighted by molar-refractivity contribution is 6.81. The molecule has 5 atom stereocenters. The average molecular weight is 746 g/mol. The molecule has 2 fully saturated rings. The standard InChI is InChI=1S/C23H34F11NO8Si3/c1-44-42-45(2,11-5-4-10-39-46(3,43-44)13-6-8-15-14-16(36)40-17(15)37)12-7-9-35-18(38)19(24,21(27,28)29)41-23(33,34)20(25,26)22(30,31)32/h15,44H,4-14H2,1-3H3,(H,35,38). The second-order valence-corrected chi connectivity index (χ2v) is 21.4. The van der Waals surface area contributed by atoms with E-state index in [-0.39, 0.29) is 18.9 Å². The van der Waals surface area contributed by atoms with Gasteiger partial charge in [-0.2, -0.15) is 48.3 Å². The summed E-state index contributed by atoms with van der Waals surface area (Å²) in [7, 11) is -8.02. The highest BCUT2D eigenvalue weighted by Gasteiger charge is 2.79. The summed E-state index contributed by atoms with van der Waals surface area (Å²) in [5.41, 5.74) is 0. The Labute approximate surface area is 260 Å². The van der Waals surface area contributed by atoms with E-state index >= 15 is 0 Å². The van der Waals surface area contributed by atoms with Crippen molar-refractivity contribution in [3.05, 3.63) is 0 Å². The van der Waals surface area contributed by atoms with Gasteiger partial charge in [0.1, 0.15) is 0 Å². The molecule has 5 unspecified atom stereocenters. The van der Waals surface area contributed by atoms with E-state index < -0.39 is 86.7 Å². The first-order chi connectivity index (χ1) is 20.8. The summed E-state index contributed by atoms with van der Waals surface area (Å²) < 4.78 is 170. The summed E-state index contributed by atoms with van der Waals surface area (Å²) in [6.07, 6.45) is -19.2. The molecule has 1 amide bonds. The van der Waals surface area contributed by atoms with Crippen molar-refractivity contribution < 1.29 is 84.8 Å². The van der Waals surface area contributed by atoms with Crippen LogP contribution in [-0.2, 0) is 36.5 Å². The molecule has 0 spiro atoms. The Morgan fingerprint density at radius 3 is 2.11 bits per heavy atom. The molecule has 0 bridgehead atoms. The minimum Gasteiger partial charge on any atom is -0.438 e. The minimum atomic E-state index is -7.27. The van der Waals surface area contributed by atoms with E-state index in [2.05, 4.69) is 9.47 Å². The quantitative estimate of drug-likeness (QED) is 0.0887. The molecule has 0 saturated carbocycles.